The van der Waals surface area contributed by atoms with Gasteiger partial charge in [0.05, 0.1) is 18.3 Å². The molecule has 0 saturated carbocycles. The van der Waals surface area contributed by atoms with E-state index in [1.54, 1.807) is 0 Å². The van der Waals surface area contributed by atoms with Crippen molar-refractivity contribution in [2.45, 2.75) is 32.4 Å². The molecule has 0 bridgehead atoms. The van der Waals surface area contributed by atoms with Crippen LogP contribution >= 0.6 is 12.4 Å². The molecule has 23 heavy (non-hydrogen) atoms. The number of nitrogens with one attached hydrogen (secondary N) is 1. The van der Waals surface area contributed by atoms with Crippen LogP contribution in [0.1, 0.15) is 18.9 Å². The monoisotopic (exact) mass is 364 g/mol. The summed E-state index contributed by atoms with van der Waals surface area (Å²) in [6.07, 6.45) is 1.02. The van der Waals surface area contributed by atoms with Gasteiger partial charge in [0.25, 0.3) is 0 Å². The minimum absolute atomic E-state index is 0. The lowest BCUT2D eigenvalue weighted by atomic mass is 10.2. The number of benzene rings is 1. The first-order valence-electron chi connectivity index (χ1n) is 7.11. The fourth-order valence-electron chi connectivity index (χ4n) is 1.74. The predicted molar refractivity (Wildman–Crippen MR) is 93.8 cm³/mol. The van der Waals surface area contributed by atoms with Crippen LogP contribution in [0.25, 0.3) is 0 Å². The zero-order valence-electron chi connectivity index (χ0n) is 13.6. The Morgan fingerprint density at radius 2 is 1.87 bits per heavy atom. The summed E-state index contributed by atoms with van der Waals surface area (Å²) in [5, 5.41) is 2.67. The third kappa shape index (κ3) is 9.43. The van der Waals surface area contributed by atoms with Gasteiger partial charge in [-0.1, -0.05) is 17.7 Å². The lowest BCUT2D eigenvalue weighted by molar-refractivity contribution is -0.122. The molecule has 0 radical (unpaired) electrons. The van der Waals surface area contributed by atoms with E-state index in [1.807, 2.05) is 38.1 Å². The molecule has 0 heterocycles. The number of carbonyl (C=O) groups excluding carboxylic acids is 1. The number of rotatable bonds is 8. The highest BCUT2D eigenvalue weighted by atomic mass is 35.5. The van der Waals surface area contributed by atoms with Crippen molar-refractivity contribution in [1.29, 1.82) is 0 Å². The van der Waals surface area contributed by atoms with Crippen molar-refractivity contribution < 1.29 is 17.9 Å². The summed E-state index contributed by atoms with van der Waals surface area (Å²) in [5.74, 6) is 0.258. The van der Waals surface area contributed by atoms with Gasteiger partial charge in [-0.05, 0) is 32.4 Å². The van der Waals surface area contributed by atoms with Gasteiger partial charge in [-0.3, -0.25) is 4.79 Å². The van der Waals surface area contributed by atoms with Crippen LogP contribution in [-0.2, 0) is 14.6 Å². The van der Waals surface area contributed by atoms with E-state index in [0.717, 1.165) is 17.6 Å². The largest absolute Gasteiger partial charge is 0.489 e. The molecule has 1 rings (SSSR count). The maximum Gasteiger partial charge on any atom is 0.237 e. The first-order chi connectivity index (χ1) is 10.2. The SMILES string of the molecule is Cc1ccc(OC(C)CNC(=O)C(N)CCS(C)(=O)=O)cc1.Cl. The predicted octanol–water partition coefficient (Wildman–Crippen LogP) is 1.06. The average Bonchev–Trinajstić information content (AvgIpc) is 2.44. The van der Waals surface area contributed by atoms with Crippen LogP contribution in [0.3, 0.4) is 0 Å². The number of carbonyl (C=O) groups is 1. The number of hydrogen-bond donors (Lipinski definition) is 2. The lowest BCUT2D eigenvalue weighted by Gasteiger charge is -2.17. The van der Waals surface area contributed by atoms with Crippen molar-refractivity contribution >= 4 is 28.2 Å². The molecular weight excluding hydrogens is 340 g/mol. The fraction of sp³-hybridized carbons (Fsp3) is 0.533. The second-order valence-electron chi connectivity index (χ2n) is 5.51. The van der Waals surface area contributed by atoms with Crippen molar-refractivity contribution in [2.75, 3.05) is 18.6 Å². The van der Waals surface area contributed by atoms with E-state index in [1.165, 1.54) is 0 Å². The van der Waals surface area contributed by atoms with E-state index in [2.05, 4.69) is 5.32 Å². The Balaban J connectivity index is 0.00000484. The Labute approximate surface area is 144 Å². The highest BCUT2D eigenvalue weighted by molar-refractivity contribution is 7.90. The fourth-order valence-corrected chi connectivity index (χ4v) is 2.42. The number of amides is 1. The molecular formula is C15H25ClN2O4S. The quantitative estimate of drug-likeness (QED) is 0.718. The van der Waals surface area contributed by atoms with Crippen molar-refractivity contribution in [2.24, 2.45) is 5.73 Å². The molecule has 1 aromatic rings. The van der Waals surface area contributed by atoms with E-state index in [9.17, 15) is 13.2 Å². The van der Waals surface area contributed by atoms with Crippen LogP contribution in [-0.4, -0.2) is 45.0 Å². The first-order valence-corrected chi connectivity index (χ1v) is 9.18. The van der Waals surface area contributed by atoms with Crippen LogP contribution in [0, 0.1) is 6.92 Å². The van der Waals surface area contributed by atoms with Gasteiger partial charge in [0, 0.05) is 6.26 Å². The molecule has 0 aliphatic heterocycles. The smallest absolute Gasteiger partial charge is 0.237 e. The molecule has 0 aliphatic rings. The van der Waals surface area contributed by atoms with Crippen LogP contribution in [0.15, 0.2) is 24.3 Å². The molecule has 1 amide bonds. The van der Waals surface area contributed by atoms with E-state index >= 15 is 0 Å². The molecule has 2 atom stereocenters. The topological polar surface area (TPSA) is 98.5 Å². The van der Waals surface area contributed by atoms with E-state index in [4.69, 9.17) is 10.5 Å². The van der Waals surface area contributed by atoms with Crippen molar-refractivity contribution in [1.82, 2.24) is 5.32 Å². The molecule has 0 fully saturated rings. The van der Waals surface area contributed by atoms with Crippen LogP contribution < -0.4 is 15.8 Å². The number of aryl methyl sites for hydroxylation is 1. The lowest BCUT2D eigenvalue weighted by Crippen LogP contribution is -2.44. The molecule has 2 unspecified atom stereocenters. The van der Waals surface area contributed by atoms with E-state index in [-0.39, 0.29) is 36.6 Å². The van der Waals surface area contributed by atoms with Gasteiger partial charge in [0.15, 0.2) is 0 Å². The summed E-state index contributed by atoms with van der Waals surface area (Å²) >= 11 is 0. The maximum absolute atomic E-state index is 11.8. The maximum atomic E-state index is 11.8. The van der Waals surface area contributed by atoms with Gasteiger partial charge in [-0.15, -0.1) is 12.4 Å². The molecule has 0 aromatic heterocycles. The zero-order chi connectivity index (χ0) is 16.8. The van der Waals surface area contributed by atoms with Gasteiger partial charge in [-0.25, -0.2) is 8.42 Å². The molecule has 0 aliphatic carbocycles. The third-order valence-corrected chi connectivity index (χ3v) is 4.04. The minimum Gasteiger partial charge on any atom is -0.489 e. The van der Waals surface area contributed by atoms with Crippen LogP contribution in [0.5, 0.6) is 5.75 Å². The summed E-state index contributed by atoms with van der Waals surface area (Å²) < 4.78 is 27.8. The highest BCUT2D eigenvalue weighted by Gasteiger charge is 2.16. The molecule has 1 aromatic carbocycles. The van der Waals surface area contributed by atoms with Crippen molar-refractivity contribution in [3.63, 3.8) is 0 Å². The number of hydrogen-bond acceptors (Lipinski definition) is 5. The Bertz CT molecular complexity index is 590. The number of nitrogens with two attached hydrogens (primary N) is 1. The summed E-state index contributed by atoms with van der Waals surface area (Å²) in [7, 11) is -3.11. The standard InChI is InChI=1S/C15H24N2O4S.ClH/c1-11-4-6-13(7-5-11)21-12(2)10-17-15(18)14(16)8-9-22(3,19)20;/h4-7,12,14H,8-10,16H2,1-3H3,(H,17,18);1H. The summed E-state index contributed by atoms with van der Waals surface area (Å²) in [4.78, 5) is 11.8. The van der Waals surface area contributed by atoms with E-state index < -0.39 is 15.9 Å². The second kappa shape index (κ2) is 9.75. The number of ether oxygens (including phenoxy) is 1. The average molecular weight is 365 g/mol. The molecule has 0 saturated heterocycles. The number of halogens is 1. The van der Waals surface area contributed by atoms with Crippen LogP contribution in [0.2, 0.25) is 0 Å². The van der Waals surface area contributed by atoms with Gasteiger partial charge in [0.1, 0.15) is 21.7 Å². The minimum atomic E-state index is -3.11. The summed E-state index contributed by atoms with van der Waals surface area (Å²) in [5.41, 5.74) is 6.81. The van der Waals surface area contributed by atoms with Crippen molar-refractivity contribution in [3.05, 3.63) is 29.8 Å². The normalized spacial score (nSPS) is 13.6. The molecule has 132 valence electrons. The molecule has 8 heteroatoms. The van der Waals surface area contributed by atoms with Crippen LogP contribution in [0.4, 0.5) is 0 Å². The van der Waals surface area contributed by atoms with Gasteiger partial charge < -0.3 is 15.8 Å². The Morgan fingerprint density at radius 3 is 2.39 bits per heavy atom. The molecule has 6 nitrogen and oxygen atoms in total. The molecule has 0 spiro atoms. The third-order valence-electron chi connectivity index (χ3n) is 3.06. The summed E-state index contributed by atoms with van der Waals surface area (Å²) in [6.45, 7) is 4.13. The molecule has 3 N–H and O–H groups in total. The Morgan fingerprint density at radius 1 is 1.30 bits per heavy atom. The Kier molecular flexibility index (Phi) is 9.19. The highest BCUT2D eigenvalue weighted by Crippen LogP contribution is 2.12. The first kappa shape index (κ1) is 21.7. The second-order valence-corrected chi connectivity index (χ2v) is 7.77. The zero-order valence-corrected chi connectivity index (χ0v) is 15.2. The van der Waals surface area contributed by atoms with E-state index in [0.29, 0.717) is 6.54 Å². The number of sulfone groups is 1. The van der Waals surface area contributed by atoms with Crippen molar-refractivity contribution in [3.8, 4) is 5.75 Å². The summed E-state index contributed by atoms with van der Waals surface area (Å²) in [6, 6.07) is 6.79. The van der Waals surface area contributed by atoms with Gasteiger partial charge in [-0.2, -0.15) is 0 Å². The van der Waals surface area contributed by atoms with Gasteiger partial charge in [0.2, 0.25) is 5.91 Å². The van der Waals surface area contributed by atoms with Gasteiger partial charge >= 0.3 is 0 Å². The Hall–Kier alpha value is -1.31.